The first kappa shape index (κ1) is 18.5. The number of aliphatic carboxylic acids is 1. The number of ether oxygens (including phenoxy) is 2. The fourth-order valence-electron chi connectivity index (χ4n) is 3.07. The van der Waals surface area contributed by atoms with Crippen LogP contribution < -0.4 is 15.0 Å². The maximum Gasteiger partial charge on any atom is 0.303 e. The molecular formula is C19H21N3O5. The highest BCUT2D eigenvalue weighted by atomic mass is 16.5. The Morgan fingerprint density at radius 1 is 1.19 bits per heavy atom. The molecule has 1 N–H and O–H groups in total. The zero-order chi connectivity index (χ0) is 19.7. The number of benzene rings is 1. The van der Waals surface area contributed by atoms with Crippen LogP contribution in [0.25, 0.3) is 16.9 Å². The average molecular weight is 371 g/mol. The molecule has 142 valence electrons. The van der Waals surface area contributed by atoms with Crippen LogP contribution in [-0.2, 0) is 18.3 Å². The molecule has 0 spiro atoms. The van der Waals surface area contributed by atoms with E-state index in [-0.39, 0.29) is 18.4 Å². The molecule has 2 aromatic heterocycles. The van der Waals surface area contributed by atoms with Crippen molar-refractivity contribution in [1.82, 2.24) is 14.2 Å². The minimum atomic E-state index is -0.942. The molecule has 27 heavy (non-hydrogen) atoms. The molecule has 0 saturated heterocycles. The number of hydrogen-bond donors (Lipinski definition) is 1. The van der Waals surface area contributed by atoms with Crippen molar-refractivity contribution in [2.45, 2.75) is 19.8 Å². The number of nitrogens with zero attached hydrogens (tertiary/aromatic N) is 3. The van der Waals surface area contributed by atoms with Gasteiger partial charge in [0.2, 0.25) is 0 Å². The molecular weight excluding hydrogens is 350 g/mol. The van der Waals surface area contributed by atoms with Gasteiger partial charge in [0.1, 0.15) is 5.65 Å². The summed E-state index contributed by atoms with van der Waals surface area (Å²) >= 11 is 0. The van der Waals surface area contributed by atoms with Crippen LogP contribution in [0.15, 0.2) is 29.1 Å². The maximum absolute atomic E-state index is 12.8. The minimum Gasteiger partial charge on any atom is -0.493 e. The molecule has 0 saturated carbocycles. The van der Waals surface area contributed by atoms with Crippen LogP contribution in [0.2, 0.25) is 0 Å². The van der Waals surface area contributed by atoms with E-state index in [1.165, 1.54) is 4.52 Å². The van der Waals surface area contributed by atoms with Gasteiger partial charge in [0.25, 0.3) is 5.56 Å². The van der Waals surface area contributed by atoms with Crippen LogP contribution in [0.5, 0.6) is 11.5 Å². The zero-order valence-corrected chi connectivity index (χ0v) is 15.6. The van der Waals surface area contributed by atoms with Gasteiger partial charge in [-0.1, -0.05) is 0 Å². The summed E-state index contributed by atoms with van der Waals surface area (Å²) in [5.74, 6) is 0.229. The van der Waals surface area contributed by atoms with E-state index in [9.17, 15) is 9.59 Å². The van der Waals surface area contributed by atoms with Gasteiger partial charge < -0.3 is 19.1 Å². The number of aromatic nitrogens is 3. The average Bonchev–Trinajstić information content (AvgIpc) is 3.11. The molecule has 8 nitrogen and oxygen atoms in total. The van der Waals surface area contributed by atoms with Crippen molar-refractivity contribution in [2.75, 3.05) is 14.2 Å². The predicted molar refractivity (Wildman–Crippen MR) is 99.7 cm³/mol. The first-order valence-corrected chi connectivity index (χ1v) is 8.39. The Balaban J connectivity index is 2.15. The Bertz CT molecular complexity index is 1080. The van der Waals surface area contributed by atoms with Crippen LogP contribution in [-0.4, -0.2) is 39.5 Å². The molecule has 0 aliphatic carbocycles. The second-order valence-corrected chi connectivity index (χ2v) is 6.19. The third-order valence-electron chi connectivity index (χ3n) is 4.69. The van der Waals surface area contributed by atoms with Gasteiger partial charge in [-0.15, -0.1) is 0 Å². The number of methoxy groups -OCH3 is 2. The number of fused-ring (bicyclic) bond motifs is 1. The molecule has 0 aliphatic heterocycles. The Morgan fingerprint density at radius 2 is 1.89 bits per heavy atom. The Morgan fingerprint density at radius 3 is 2.52 bits per heavy atom. The lowest BCUT2D eigenvalue weighted by molar-refractivity contribution is -0.136. The van der Waals surface area contributed by atoms with E-state index in [1.54, 1.807) is 26.4 Å². The van der Waals surface area contributed by atoms with E-state index in [4.69, 9.17) is 14.6 Å². The van der Waals surface area contributed by atoms with Gasteiger partial charge in [0.05, 0.1) is 19.9 Å². The second-order valence-electron chi connectivity index (χ2n) is 6.19. The number of aryl methyl sites for hydroxylation is 1. The van der Waals surface area contributed by atoms with E-state index < -0.39 is 5.97 Å². The molecule has 0 radical (unpaired) electrons. The van der Waals surface area contributed by atoms with Crippen molar-refractivity contribution in [1.29, 1.82) is 0 Å². The summed E-state index contributed by atoms with van der Waals surface area (Å²) < 4.78 is 13.7. The van der Waals surface area contributed by atoms with Gasteiger partial charge in [-0.2, -0.15) is 9.61 Å². The maximum atomic E-state index is 12.8. The van der Waals surface area contributed by atoms with E-state index in [0.29, 0.717) is 28.4 Å². The molecule has 0 bridgehead atoms. The Hall–Kier alpha value is -3.29. The molecule has 3 aromatic rings. The van der Waals surface area contributed by atoms with Gasteiger partial charge >= 0.3 is 5.97 Å². The second kappa shape index (κ2) is 7.14. The number of carbonyl (C=O) groups is 1. The molecule has 0 aliphatic rings. The van der Waals surface area contributed by atoms with Crippen molar-refractivity contribution in [3.05, 3.63) is 45.9 Å². The fraction of sp³-hybridized carbons (Fsp3) is 0.316. The SMILES string of the molecule is COc1ccc(-c2cc3n(C)c(C)c(CCC(=O)O)c(=O)n3n2)cc1OC. The first-order valence-electron chi connectivity index (χ1n) is 8.39. The summed E-state index contributed by atoms with van der Waals surface area (Å²) in [7, 11) is 4.95. The first-order chi connectivity index (χ1) is 12.9. The molecule has 0 atom stereocenters. The normalized spacial score (nSPS) is 11.0. The third-order valence-corrected chi connectivity index (χ3v) is 4.69. The van der Waals surface area contributed by atoms with E-state index in [2.05, 4.69) is 5.10 Å². The molecule has 1 aromatic carbocycles. The molecule has 2 heterocycles. The van der Waals surface area contributed by atoms with E-state index in [0.717, 1.165) is 11.3 Å². The summed E-state index contributed by atoms with van der Waals surface area (Å²) in [6.07, 6.45) is 0.0563. The van der Waals surface area contributed by atoms with Crippen LogP contribution in [0, 0.1) is 6.92 Å². The van der Waals surface area contributed by atoms with Crippen LogP contribution in [0.4, 0.5) is 0 Å². The largest absolute Gasteiger partial charge is 0.493 e. The molecule has 8 heteroatoms. The standard InChI is InChI=1S/C19H21N3O5/c1-11-13(6-8-18(23)24)19(25)22-17(21(11)2)10-14(20-22)12-5-7-15(26-3)16(9-12)27-4/h5,7,9-10H,6,8H2,1-4H3,(H,23,24). The molecule has 0 amide bonds. The van der Waals surface area contributed by atoms with Crippen molar-refractivity contribution in [2.24, 2.45) is 7.05 Å². The number of carboxylic acid groups (broad SMARTS) is 1. The van der Waals surface area contributed by atoms with Crippen LogP contribution >= 0.6 is 0 Å². The Kier molecular flexibility index (Phi) is 4.89. The molecule has 0 fully saturated rings. The number of hydrogen-bond acceptors (Lipinski definition) is 5. The summed E-state index contributed by atoms with van der Waals surface area (Å²) in [5, 5.41) is 13.4. The highest BCUT2D eigenvalue weighted by Crippen LogP contribution is 2.32. The number of rotatable bonds is 6. The molecule has 0 unspecified atom stereocenters. The van der Waals surface area contributed by atoms with Gasteiger partial charge in [-0.3, -0.25) is 9.59 Å². The van der Waals surface area contributed by atoms with Gasteiger partial charge in [0.15, 0.2) is 11.5 Å². The highest BCUT2D eigenvalue weighted by Gasteiger charge is 2.17. The predicted octanol–water partition coefficient (Wildman–Crippen LogP) is 2.04. The van der Waals surface area contributed by atoms with Crippen molar-refractivity contribution >= 4 is 11.6 Å². The zero-order valence-electron chi connectivity index (χ0n) is 15.6. The van der Waals surface area contributed by atoms with E-state index >= 15 is 0 Å². The van der Waals surface area contributed by atoms with Gasteiger partial charge in [0, 0.05) is 36.4 Å². The summed E-state index contributed by atoms with van der Waals surface area (Å²) in [4.78, 5) is 23.7. The summed E-state index contributed by atoms with van der Waals surface area (Å²) in [6.45, 7) is 1.81. The quantitative estimate of drug-likeness (QED) is 0.712. The van der Waals surface area contributed by atoms with Gasteiger partial charge in [-0.05, 0) is 31.5 Å². The van der Waals surface area contributed by atoms with Gasteiger partial charge in [-0.25, -0.2) is 0 Å². The summed E-state index contributed by atoms with van der Waals surface area (Å²) in [6, 6.07) is 7.23. The van der Waals surface area contributed by atoms with E-state index in [1.807, 2.05) is 30.7 Å². The van der Waals surface area contributed by atoms with Crippen molar-refractivity contribution < 1.29 is 19.4 Å². The fourth-order valence-corrected chi connectivity index (χ4v) is 3.07. The smallest absolute Gasteiger partial charge is 0.303 e. The Labute approximate surface area is 155 Å². The number of carboxylic acids is 1. The minimum absolute atomic E-state index is 0.106. The highest BCUT2D eigenvalue weighted by molar-refractivity contribution is 5.68. The lowest BCUT2D eigenvalue weighted by Crippen LogP contribution is -2.25. The lowest BCUT2D eigenvalue weighted by Gasteiger charge is -2.11. The third kappa shape index (κ3) is 3.25. The van der Waals surface area contributed by atoms with Crippen molar-refractivity contribution in [3.63, 3.8) is 0 Å². The lowest BCUT2D eigenvalue weighted by atomic mass is 10.1. The summed E-state index contributed by atoms with van der Waals surface area (Å²) in [5.41, 5.74) is 2.90. The van der Waals surface area contributed by atoms with Crippen molar-refractivity contribution in [3.8, 4) is 22.8 Å². The topological polar surface area (TPSA) is 95.1 Å². The van der Waals surface area contributed by atoms with Crippen LogP contribution in [0.1, 0.15) is 17.7 Å². The van der Waals surface area contributed by atoms with Crippen LogP contribution in [0.3, 0.4) is 0 Å². The molecule has 3 rings (SSSR count). The monoisotopic (exact) mass is 371 g/mol.